The fourth-order valence-corrected chi connectivity index (χ4v) is 2.22. The highest BCUT2D eigenvalue weighted by molar-refractivity contribution is 5.79. The highest BCUT2D eigenvalue weighted by Gasteiger charge is 2.11. The van der Waals surface area contributed by atoms with E-state index < -0.39 is 0 Å². The van der Waals surface area contributed by atoms with Gasteiger partial charge in [-0.25, -0.2) is 0 Å². The first-order valence-electron chi connectivity index (χ1n) is 7.71. The van der Waals surface area contributed by atoms with Crippen LogP contribution >= 0.6 is 0 Å². The molecule has 0 aliphatic heterocycles. The van der Waals surface area contributed by atoms with Gasteiger partial charge in [-0.1, -0.05) is 39.8 Å². The normalized spacial score (nSPS) is 11.1. The molecule has 0 heterocycles. The number of rotatable bonds is 9. The van der Waals surface area contributed by atoms with Gasteiger partial charge < -0.3 is 16.0 Å². The molecule has 0 bridgehead atoms. The van der Waals surface area contributed by atoms with Crippen LogP contribution in [0.3, 0.4) is 0 Å². The predicted molar refractivity (Wildman–Crippen MR) is 89.2 cm³/mol. The van der Waals surface area contributed by atoms with Crippen LogP contribution in [0.4, 0.5) is 5.69 Å². The van der Waals surface area contributed by atoms with Gasteiger partial charge in [0.25, 0.3) is 0 Å². The standard InChI is InChI=1S/C17H29N3O/c1-13(2)9-19-10-15-5-7-16(8-6-15)20(11-14(3)4)12-17(18)21/h5-8,13-14,19H,9-12H2,1-4H3,(H2,18,21). The zero-order chi connectivity index (χ0) is 15.8. The molecule has 0 unspecified atom stereocenters. The largest absolute Gasteiger partial charge is 0.368 e. The Labute approximate surface area is 128 Å². The van der Waals surface area contributed by atoms with E-state index in [-0.39, 0.29) is 12.5 Å². The van der Waals surface area contributed by atoms with Crippen molar-refractivity contribution in [2.24, 2.45) is 17.6 Å². The molecule has 21 heavy (non-hydrogen) atoms. The molecule has 3 N–H and O–H groups in total. The van der Waals surface area contributed by atoms with E-state index in [2.05, 4.69) is 57.3 Å². The average Bonchev–Trinajstić information content (AvgIpc) is 2.37. The maximum absolute atomic E-state index is 11.2. The summed E-state index contributed by atoms with van der Waals surface area (Å²) in [6.45, 7) is 11.7. The molecule has 0 aliphatic carbocycles. The summed E-state index contributed by atoms with van der Waals surface area (Å²) >= 11 is 0. The van der Waals surface area contributed by atoms with E-state index in [0.717, 1.165) is 25.3 Å². The van der Waals surface area contributed by atoms with Gasteiger partial charge in [-0.05, 0) is 36.1 Å². The Balaban J connectivity index is 2.66. The van der Waals surface area contributed by atoms with Gasteiger partial charge >= 0.3 is 0 Å². The van der Waals surface area contributed by atoms with Crippen molar-refractivity contribution in [1.82, 2.24) is 5.32 Å². The number of nitrogens with one attached hydrogen (secondary N) is 1. The number of carbonyl (C=O) groups excluding carboxylic acids is 1. The molecule has 118 valence electrons. The Morgan fingerprint density at radius 1 is 1.14 bits per heavy atom. The number of benzene rings is 1. The fourth-order valence-electron chi connectivity index (χ4n) is 2.22. The molecule has 1 aromatic rings. The zero-order valence-corrected chi connectivity index (χ0v) is 13.7. The number of amides is 1. The van der Waals surface area contributed by atoms with Crippen molar-refractivity contribution < 1.29 is 4.79 Å². The monoisotopic (exact) mass is 291 g/mol. The molecule has 4 nitrogen and oxygen atoms in total. The second-order valence-electron chi connectivity index (χ2n) is 6.43. The molecule has 0 atom stereocenters. The van der Waals surface area contributed by atoms with Crippen LogP contribution in [0, 0.1) is 11.8 Å². The second kappa shape index (κ2) is 8.67. The lowest BCUT2D eigenvalue weighted by Gasteiger charge is -2.25. The van der Waals surface area contributed by atoms with E-state index in [9.17, 15) is 4.79 Å². The Morgan fingerprint density at radius 3 is 2.24 bits per heavy atom. The fraction of sp³-hybridized carbons (Fsp3) is 0.588. The zero-order valence-electron chi connectivity index (χ0n) is 13.7. The smallest absolute Gasteiger partial charge is 0.236 e. The minimum Gasteiger partial charge on any atom is -0.368 e. The molecule has 0 aromatic heterocycles. The number of nitrogens with two attached hydrogens (primary N) is 1. The average molecular weight is 291 g/mol. The van der Waals surface area contributed by atoms with Crippen molar-refractivity contribution in [2.75, 3.05) is 24.5 Å². The van der Waals surface area contributed by atoms with Gasteiger partial charge in [-0.3, -0.25) is 4.79 Å². The molecule has 1 amide bonds. The molecule has 0 aliphatic rings. The highest BCUT2D eigenvalue weighted by atomic mass is 16.1. The van der Waals surface area contributed by atoms with Crippen molar-refractivity contribution >= 4 is 11.6 Å². The van der Waals surface area contributed by atoms with Crippen molar-refractivity contribution in [2.45, 2.75) is 34.2 Å². The van der Waals surface area contributed by atoms with Crippen LogP contribution in [0.5, 0.6) is 0 Å². The van der Waals surface area contributed by atoms with Crippen molar-refractivity contribution in [1.29, 1.82) is 0 Å². The van der Waals surface area contributed by atoms with Crippen LogP contribution in [0.2, 0.25) is 0 Å². The lowest BCUT2D eigenvalue weighted by molar-refractivity contribution is -0.116. The van der Waals surface area contributed by atoms with E-state index in [0.29, 0.717) is 11.8 Å². The molecule has 0 saturated heterocycles. The van der Waals surface area contributed by atoms with Crippen LogP contribution in [-0.2, 0) is 11.3 Å². The van der Waals surface area contributed by atoms with Crippen LogP contribution in [-0.4, -0.2) is 25.5 Å². The second-order valence-corrected chi connectivity index (χ2v) is 6.43. The van der Waals surface area contributed by atoms with Crippen LogP contribution in [0.25, 0.3) is 0 Å². The van der Waals surface area contributed by atoms with E-state index in [4.69, 9.17) is 5.73 Å². The first-order valence-corrected chi connectivity index (χ1v) is 7.71. The Bertz CT molecular complexity index is 426. The maximum atomic E-state index is 11.2. The first kappa shape index (κ1) is 17.5. The van der Waals surface area contributed by atoms with E-state index in [1.807, 2.05) is 4.90 Å². The van der Waals surface area contributed by atoms with E-state index >= 15 is 0 Å². The number of hydrogen-bond donors (Lipinski definition) is 2. The van der Waals surface area contributed by atoms with Gasteiger partial charge in [-0.2, -0.15) is 0 Å². The van der Waals surface area contributed by atoms with Gasteiger partial charge in [0.15, 0.2) is 0 Å². The van der Waals surface area contributed by atoms with Gasteiger partial charge in [0.2, 0.25) is 5.91 Å². The van der Waals surface area contributed by atoms with Crippen molar-refractivity contribution in [3.05, 3.63) is 29.8 Å². The maximum Gasteiger partial charge on any atom is 0.236 e. The van der Waals surface area contributed by atoms with Crippen LogP contribution < -0.4 is 16.0 Å². The van der Waals surface area contributed by atoms with Crippen molar-refractivity contribution in [3.8, 4) is 0 Å². The quantitative estimate of drug-likeness (QED) is 0.734. The first-order chi connectivity index (χ1) is 9.88. The summed E-state index contributed by atoms with van der Waals surface area (Å²) in [5.74, 6) is 0.844. The minimum atomic E-state index is -0.293. The number of carbonyl (C=O) groups is 1. The predicted octanol–water partition coefficient (Wildman–Crippen LogP) is 2.38. The van der Waals surface area contributed by atoms with Crippen LogP contribution in [0.1, 0.15) is 33.3 Å². The highest BCUT2D eigenvalue weighted by Crippen LogP contribution is 2.16. The van der Waals surface area contributed by atoms with E-state index in [1.165, 1.54) is 5.56 Å². The van der Waals surface area contributed by atoms with Gasteiger partial charge in [0.05, 0.1) is 6.54 Å². The molecule has 4 heteroatoms. The summed E-state index contributed by atoms with van der Waals surface area (Å²) in [7, 11) is 0. The van der Waals surface area contributed by atoms with Crippen LogP contribution in [0.15, 0.2) is 24.3 Å². The molecule has 1 rings (SSSR count). The molecule has 0 radical (unpaired) electrons. The summed E-state index contributed by atoms with van der Waals surface area (Å²) in [5.41, 5.74) is 7.64. The third-order valence-electron chi connectivity index (χ3n) is 3.12. The number of primary amides is 1. The molecule has 0 spiro atoms. The molecular formula is C17H29N3O. The summed E-state index contributed by atoms with van der Waals surface area (Å²) < 4.78 is 0. The summed E-state index contributed by atoms with van der Waals surface area (Å²) in [4.78, 5) is 13.2. The van der Waals surface area contributed by atoms with E-state index in [1.54, 1.807) is 0 Å². The van der Waals surface area contributed by atoms with Gasteiger partial charge in [0, 0.05) is 18.8 Å². The Morgan fingerprint density at radius 2 is 1.76 bits per heavy atom. The summed E-state index contributed by atoms with van der Waals surface area (Å²) in [6.07, 6.45) is 0. The molecule has 0 fully saturated rings. The lowest BCUT2D eigenvalue weighted by Crippen LogP contribution is -2.36. The van der Waals surface area contributed by atoms with Gasteiger partial charge in [-0.15, -0.1) is 0 Å². The summed E-state index contributed by atoms with van der Waals surface area (Å²) in [5, 5.41) is 3.43. The number of nitrogens with zero attached hydrogens (tertiary/aromatic N) is 1. The van der Waals surface area contributed by atoms with Gasteiger partial charge in [0.1, 0.15) is 0 Å². The van der Waals surface area contributed by atoms with Crippen molar-refractivity contribution in [3.63, 3.8) is 0 Å². The third-order valence-corrected chi connectivity index (χ3v) is 3.12. The lowest BCUT2D eigenvalue weighted by atomic mass is 10.1. The third kappa shape index (κ3) is 7.14. The SMILES string of the molecule is CC(C)CNCc1ccc(N(CC(N)=O)CC(C)C)cc1. The Hall–Kier alpha value is -1.55. The topological polar surface area (TPSA) is 58.4 Å². The molecule has 0 saturated carbocycles. The minimum absolute atomic E-state index is 0.267. The molecular weight excluding hydrogens is 262 g/mol. The summed E-state index contributed by atoms with van der Waals surface area (Å²) in [6, 6.07) is 8.35. The number of hydrogen-bond acceptors (Lipinski definition) is 3. The number of anilines is 1. The molecule has 1 aromatic carbocycles. The Kier molecular flexibility index (Phi) is 7.23.